The van der Waals surface area contributed by atoms with Gasteiger partial charge in [-0.1, -0.05) is 6.07 Å². The van der Waals surface area contributed by atoms with Gasteiger partial charge in [0.1, 0.15) is 0 Å². The van der Waals surface area contributed by atoms with E-state index in [-0.39, 0.29) is 5.96 Å². The Hall–Kier alpha value is -1.20. The number of guanidine groups is 1. The quantitative estimate of drug-likeness (QED) is 0.215. The molecular weight excluding hydrogens is 184 g/mol. The molecule has 0 aliphatic carbocycles. The number of nitrogens with two attached hydrogens (primary N) is 2. The minimum Gasteiger partial charge on any atom is -0.369 e. The summed E-state index contributed by atoms with van der Waals surface area (Å²) in [6.07, 6.45) is 2.01. The lowest BCUT2D eigenvalue weighted by Crippen LogP contribution is -2.36. The molecule has 0 unspecified atom stereocenters. The highest BCUT2D eigenvalue weighted by Crippen LogP contribution is 2.20. The van der Waals surface area contributed by atoms with Gasteiger partial charge in [-0.15, -0.1) is 11.8 Å². The van der Waals surface area contributed by atoms with Crippen molar-refractivity contribution < 1.29 is 0 Å². The second kappa shape index (κ2) is 4.74. The van der Waals surface area contributed by atoms with Crippen molar-refractivity contribution in [3.63, 3.8) is 0 Å². The van der Waals surface area contributed by atoms with E-state index in [0.717, 1.165) is 10.6 Å². The fourth-order valence-electron chi connectivity index (χ4n) is 0.851. The number of nitrogens with one attached hydrogen (secondary N) is 1. The third-order valence-corrected chi connectivity index (χ3v) is 2.18. The van der Waals surface area contributed by atoms with Crippen molar-refractivity contribution in [2.45, 2.75) is 4.90 Å². The Morgan fingerprint density at radius 3 is 2.92 bits per heavy atom. The summed E-state index contributed by atoms with van der Waals surface area (Å²) in [5.41, 5.74) is 8.47. The fraction of sp³-hybridized carbons (Fsp3) is 0.125. The van der Waals surface area contributed by atoms with Gasteiger partial charge >= 0.3 is 0 Å². The standard InChI is InChI=1S/C8H12N4S/c1-13-7-4-2-3-6(5-7)11-8(9)12-10/h2-5H,10H2,1H3,(H3,9,11,12). The maximum Gasteiger partial charge on any atom is 0.208 e. The molecule has 0 saturated heterocycles. The van der Waals surface area contributed by atoms with Crippen molar-refractivity contribution in [3.8, 4) is 0 Å². The number of hydrogen-bond acceptors (Lipinski definition) is 3. The van der Waals surface area contributed by atoms with Crippen molar-refractivity contribution >= 4 is 23.4 Å². The summed E-state index contributed by atoms with van der Waals surface area (Å²) in [5.74, 6) is 5.29. The zero-order chi connectivity index (χ0) is 9.68. The van der Waals surface area contributed by atoms with Gasteiger partial charge in [-0.3, -0.25) is 5.43 Å². The zero-order valence-electron chi connectivity index (χ0n) is 7.32. The first-order valence-electron chi connectivity index (χ1n) is 3.71. The lowest BCUT2D eigenvalue weighted by atomic mass is 10.3. The van der Waals surface area contributed by atoms with Gasteiger partial charge in [-0.25, -0.2) is 10.8 Å². The first-order chi connectivity index (χ1) is 6.26. The highest BCUT2D eigenvalue weighted by atomic mass is 32.2. The van der Waals surface area contributed by atoms with Gasteiger partial charge in [0.05, 0.1) is 5.69 Å². The molecule has 0 radical (unpaired) electrons. The van der Waals surface area contributed by atoms with Gasteiger partial charge < -0.3 is 5.73 Å². The number of rotatable bonds is 2. The summed E-state index contributed by atoms with van der Waals surface area (Å²) in [4.78, 5) is 5.18. The Labute approximate surface area is 81.4 Å². The van der Waals surface area contributed by atoms with E-state index >= 15 is 0 Å². The predicted molar refractivity (Wildman–Crippen MR) is 56.8 cm³/mol. The Bertz CT molecular complexity index is 311. The average molecular weight is 196 g/mol. The van der Waals surface area contributed by atoms with Crippen molar-refractivity contribution in [1.29, 1.82) is 0 Å². The van der Waals surface area contributed by atoms with Crippen molar-refractivity contribution in [2.75, 3.05) is 6.26 Å². The van der Waals surface area contributed by atoms with Gasteiger partial charge in [0.15, 0.2) is 0 Å². The number of benzene rings is 1. The van der Waals surface area contributed by atoms with Crippen molar-refractivity contribution in [3.05, 3.63) is 24.3 Å². The summed E-state index contributed by atoms with van der Waals surface area (Å²) in [6, 6.07) is 7.74. The number of hydrazine groups is 1. The fourth-order valence-corrected chi connectivity index (χ4v) is 1.30. The third-order valence-electron chi connectivity index (χ3n) is 1.45. The van der Waals surface area contributed by atoms with Gasteiger partial charge in [0.2, 0.25) is 5.96 Å². The molecule has 0 bridgehead atoms. The molecule has 5 N–H and O–H groups in total. The van der Waals surface area contributed by atoms with E-state index in [1.54, 1.807) is 11.8 Å². The monoisotopic (exact) mass is 196 g/mol. The van der Waals surface area contributed by atoms with Crippen molar-refractivity contribution in [2.24, 2.45) is 16.6 Å². The van der Waals surface area contributed by atoms with Crippen LogP contribution in [0.5, 0.6) is 0 Å². The zero-order valence-corrected chi connectivity index (χ0v) is 8.14. The first-order valence-corrected chi connectivity index (χ1v) is 4.93. The van der Waals surface area contributed by atoms with E-state index < -0.39 is 0 Å². The molecule has 0 fully saturated rings. The summed E-state index contributed by atoms with van der Waals surface area (Å²) in [5, 5.41) is 0. The highest BCUT2D eigenvalue weighted by molar-refractivity contribution is 7.98. The van der Waals surface area contributed by atoms with Crippen LogP contribution in [0.25, 0.3) is 0 Å². The summed E-state index contributed by atoms with van der Waals surface area (Å²) in [7, 11) is 0. The smallest absolute Gasteiger partial charge is 0.208 e. The van der Waals surface area contributed by atoms with E-state index in [0.29, 0.717) is 0 Å². The SMILES string of the molecule is CSc1cccc(N=C(N)NN)c1. The molecule has 0 aliphatic rings. The molecule has 0 saturated carbocycles. The van der Waals surface area contributed by atoms with E-state index in [1.165, 1.54) is 0 Å². The molecule has 0 aliphatic heterocycles. The molecule has 0 heterocycles. The predicted octanol–water partition coefficient (Wildman–Crippen LogP) is 0.818. The Morgan fingerprint density at radius 2 is 2.31 bits per heavy atom. The van der Waals surface area contributed by atoms with Crippen LogP contribution in [0, 0.1) is 0 Å². The van der Waals surface area contributed by atoms with Gasteiger partial charge in [-0.05, 0) is 24.5 Å². The van der Waals surface area contributed by atoms with E-state index in [9.17, 15) is 0 Å². The summed E-state index contributed by atoms with van der Waals surface area (Å²) >= 11 is 1.66. The molecule has 0 aromatic heterocycles. The largest absolute Gasteiger partial charge is 0.369 e. The number of thioether (sulfide) groups is 1. The summed E-state index contributed by atoms with van der Waals surface area (Å²) < 4.78 is 0. The average Bonchev–Trinajstić information content (AvgIpc) is 2.18. The van der Waals surface area contributed by atoms with Crippen LogP contribution < -0.4 is 17.0 Å². The second-order valence-electron chi connectivity index (χ2n) is 2.34. The van der Waals surface area contributed by atoms with Gasteiger partial charge in [0, 0.05) is 4.90 Å². The van der Waals surface area contributed by atoms with Crippen molar-refractivity contribution in [1.82, 2.24) is 5.43 Å². The molecule has 0 spiro atoms. The van der Waals surface area contributed by atoms with Crippen LogP contribution in [-0.4, -0.2) is 12.2 Å². The third kappa shape index (κ3) is 2.96. The molecule has 1 aromatic carbocycles. The molecule has 0 atom stereocenters. The van der Waals surface area contributed by atoms with Crippen LogP contribution in [0.2, 0.25) is 0 Å². The Kier molecular flexibility index (Phi) is 3.60. The lowest BCUT2D eigenvalue weighted by molar-refractivity contribution is 1.01. The maximum absolute atomic E-state index is 5.40. The normalized spacial score (nSPS) is 11.4. The summed E-state index contributed by atoms with van der Waals surface area (Å²) in [6.45, 7) is 0. The molecule has 0 amide bonds. The van der Waals surface area contributed by atoms with Crippen LogP contribution in [0.1, 0.15) is 0 Å². The number of nitrogens with zero attached hydrogens (tertiary/aromatic N) is 1. The molecule has 13 heavy (non-hydrogen) atoms. The van der Waals surface area contributed by atoms with E-state index in [4.69, 9.17) is 11.6 Å². The lowest BCUT2D eigenvalue weighted by Gasteiger charge is -2.00. The highest BCUT2D eigenvalue weighted by Gasteiger charge is 1.93. The van der Waals surface area contributed by atoms with E-state index in [1.807, 2.05) is 30.5 Å². The topological polar surface area (TPSA) is 76.4 Å². The van der Waals surface area contributed by atoms with Crippen LogP contribution in [0.15, 0.2) is 34.2 Å². The number of hydrogen-bond donors (Lipinski definition) is 3. The number of aliphatic imine (C=N–C) groups is 1. The van der Waals surface area contributed by atoms with Gasteiger partial charge in [-0.2, -0.15) is 0 Å². The first kappa shape index (κ1) is 9.88. The molecule has 4 nitrogen and oxygen atoms in total. The van der Waals surface area contributed by atoms with Crippen LogP contribution in [0.3, 0.4) is 0 Å². The maximum atomic E-state index is 5.40. The van der Waals surface area contributed by atoms with Gasteiger partial charge in [0.25, 0.3) is 0 Å². The van der Waals surface area contributed by atoms with Crippen LogP contribution in [-0.2, 0) is 0 Å². The van der Waals surface area contributed by atoms with Crippen LogP contribution in [0.4, 0.5) is 5.69 Å². The Morgan fingerprint density at radius 1 is 1.54 bits per heavy atom. The van der Waals surface area contributed by atoms with Crippen LogP contribution >= 0.6 is 11.8 Å². The Balaban J connectivity index is 2.89. The van der Waals surface area contributed by atoms with E-state index in [2.05, 4.69) is 10.4 Å². The molecule has 1 aromatic rings. The minimum absolute atomic E-state index is 0.207. The molecule has 5 heteroatoms. The molecule has 70 valence electrons. The molecule has 1 rings (SSSR count). The molecular formula is C8H12N4S. The second-order valence-corrected chi connectivity index (χ2v) is 3.22. The minimum atomic E-state index is 0.207.